The molecule has 11 heavy (non-hydrogen) atoms. The topological polar surface area (TPSA) is 9.23 Å². The third-order valence-electron chi connectivity index (χ3n) is 3.11. The highest BCUT2D eigenvalue weighted by atomic mass is 16.5. The minimum atomic E-state index is 0.839. The molecule has 0 radical (unpaired) electrons. The summed E-state index contributed by atoms with van der Waals surface area (Å²) in [4.78, 5) is 0. The Morgan fingerprint density at radius 2 is 1.91 bits per heavy atom. The molecular formula is C10H20O. The molecule has 0 bridgehead atoms. The van der Waals surface area contributed by atoms with Gasteiger partial charge in [-0.2, -0.15) is 0 Å². The van der Waals surface area contributed by atoms with E-state index in [4.69, 9.17) is 4.74 Å². The van der Waals surface area contributed by atoms with Gasteiger partial charge in [0, 0.05) is 13.7 Å². The van der Waals surface area contributed by atoms with Gasteiger partial charge in [0.05, 0.1) is 0 Å². The highest BCUT2D eigenvalue weighted by Gasteiger charge is 2.23. The predicted molar refractivity (Wildman–Crippen MR) is 47.5 cm³/mol. The Bertz CT molecular complexity index is 111. The summed E-state index contributed by atoms with van der Waals surface area (Å²) in [7, 11) is 1.81. The standard InChI is InChI=1S/C10H20O/c1-8-4-5-10(7-11-3)6-9(8)2/h8-10H,4-7H2,1-3H3/t8?,9-,10?/m1/s1. The Balaban J connectivity index is 2.28. The Hall–Kier alpha value is -0.0400. The first-order valence-electron chi connectivity index (χ1n) is 4.73. The van der Waals surface area contributed by atoms with Gasteiger partial charge in [0.25, 0.3) is 0 Å². The molecule has 1 saturated carbocycles. The second-order valence-electron chi connectivity index (χ2n) is 4.09. The normalized spacial score (nSPS) is 39.0. The third-order valence-corrected chi connectivity index (χ3v) is 3.11. The van der Waals surface area contributed by atoms with Crippen LogP contribution in [0.15, 0.2) is 0 Å². The van der Waals surface area contributed by atoms with Gasteiger partial charge in [-0.1, -0.05) is 20.3 Å². The Labute approximate surface area is 70.1 Å². The zero-order valence-corrected chi connectivity index (χ0v) is 7.97. The van der Waals surface area contributed by atoms with Gasteiger partial charge < -0.3 is 4.74 Å². The van der Waals surface area contributed by atoms with Gasteiger partial charge in [-0.25, -0.2) is 0 Å². The first-order valence-corrected chi connectivity index (χ1v) is 4.73. The number of methoxy groups -OCH3 is 1. The Morgan fingerprint density at radius 1 is 1.18 bits per heavy atom. The van der Waals surface area contributed by atoms with Crippen molar-refractivity contribution in [2.24, 2.45) is 17.8 Å². The summed E-state index contributed by atoms with van der Waals surface area (Å²) in [6.07, 6.45) is 4.14. The van der Waals surface area contributed by atoms with Crippen molar-refractivity contribution >= 4 is 0 Å². The average Bonchev–Trinajstić information content (AvgIpc) is 1.98. The monoisotopic (exact) mass is 156 g/mol. The molecule has 0 aromatic heterocycles. The van der Waals surface area contributed by atoms with Crippen molar-refractivity contribution < 1.29 is 4.74 Å². The van der Waals surface area contributed by atoms with Crippen molar-refractivity contribution in [2.45, 2.75) is 33.1 Å². The maximum absolute atomic E-state index is 5.16. The van der Waals surface area contributed by atoms with Crippen LogP contribution in [-0.4, -0.2) is 13.7 Å². The van der Waals surface area contributed by atoms with Gasteiger partial charge >= 0.3 is 0 Å². The Morgan fingerprint density at radius 3 is 2.45 bits per heavy atom. The maximum Gasteiger partial charge on any atom is 0.0490 e. The van der Waals surface area contributed by atoms with Gasteiger partial charge in [0.2, 0.25) is 0 Å². The molecule has 1 aliphatic carbocycles. The molecule has 1 aliphatic rings. The van der Waals surface area contributed by atoms with E-state index in [9.17, 15) is 0 Å². The number of rotatable bonds is 2. The smallest absolute Gasteiger partial charge is 0.0490 e. The minimum absolute atomic E-state index is 0.839. The summed E-state index contributed by atoms with van der Waals surface area (Å²) >= 11 is 0. The lowest BCUT2D eigenvalue weighted by molar-refractivity contribution is 0.0995. The maximum atomic E-state index is 5.16. The molecule has 1 heteroatoms. The molecule has 1 rings (SSSR count). The van der Waals surface area contributed by atoms with Crippen LogP contribution >= 0.6 is 0 Å². The first kappa shape index (κ1) is 9.05. The molecule has 2 unspecified atom stereocenters. The molecule has 0 N–H and O–H groups in total. The van der Waals surface area contributed by atoms with Gasteiger partial charge in [0.15, 0.2) is 0 Å². The van der Waals surface area contributed by atoms with E-state index in [2.05, 4.69) is 13.8 Å². The summed E-state index contributed by atoms with van der Waals surface area (Å²) in [5, 5.41) is 0. The summed E-state index contributed by atoms with van der Waals surface area (Å²) in [5.74, 6) is 2.68. The second kappa shape index (κ2) is 4.10. The second-order valence-corrected chi connectivity index (χ2v) is 4.09. The first-order chi connectivity index (χ1) is 5.24. The van der Waals surface area contributed by atoms with Crippen molar-refractivity contribution in [3.63, 3.8) is 0 Å². The van der Waals surface area contributed by atoms with E-state index in [0.29, 0.717) is 0 Å². The molecule has 0 spiro atoms. The lowest BCUT2D eigenvalue weighted by atomic mass is 9.76. The fraction of sp³-hybridized carbons (Fsp3) is 1.00. The van der Waals surface area contributed by atoms with Crippen LogP contribution in [0.4, 0.5) is 0 Å². The van der Waals surface area contributed by atoms with E-state index in [0.717, 1.165) is 24.4 Å². The van der Waals surface area contributed by atoms with Crippen molar-refractivity contribution in [1.82, 2.24) is 0 Å². The van der Waals surface area contributed by atoms with Gasteiger partial charge in [-0.15, -0.1) is 0 Å². The summed E-state index contributed by atoms with van der Waals surface area (Å²) in [6.45, 7) is 5.71. The molecule has 0 aliphatic heterocycles. The molecule has 1 nitrogen and oxygen atoms in total. The lowest BCUT2D eigenvalue weighted by Gasteiger charge is -2.31. The van der Waals surface area contributed by atoms with Crippen LogP contribution < -0.4 is 0 Å². The largest absolute Gasteiger partial charge is 0.384 e. The van der Waals surface area contributed by atoms with Crippen LogP contribution in [0.25, 0.3) is 0 Å². The van der Waals surface area contributed by atoms with E-state index in [1.807, 2.05) is 7.11 Å². The van der Waals surface area contributed by atoms with Crippen LogP contribution in [-0.2, 0) is 4.74 Å². The van der Waals surface area contributed by atoms with Crippen LogP contribution in [0.5, 0.6) is 0 Å². The zero-order valence-electron chi connectivity index (χ0n) is 7.97. The fourth-order valence-corrected chi connectivity index (χ4v) is 2.05. The van der Waals surface area contributed by atoms with E-state index in [1.54, 1.807) is 0 Å². The lowest BCUT2D eigenvalue weighted by Crippen LogP contribution is -2.23. The van der Waals surface area contributed by atoms with Crippen molar-refractivity contribution in [1.29, 1.82) is 0 Å². The molecular weight excluding hydrogens is 136 g/mol. The van der Waals surface area contributed by atoms with Crippen molar-refractivity contribution in [2.75, 3.05) is 13.7 Å². The highest BCUT2D eigenvalue weighted by Crippen LogP contribution is 2.33. The molecule has 0 heterocycles. The van der Waals surface area contributed by atoms with Crippen LogP contribution in [0.1, 0.15) is 33.1 Å². The number of ether oxygens (including phenoxy) is 1. The molecule has 0 aromatic carbocycles. The average molecular weight is 156 g/mol. The van der Waals surface area contributed by atoms with E-state index in [1.165, 1.54) is 19.3 Å². The predicted octanol–water partition coefficient (Wildman–Crippen LogP) is 2.71. The number of hydrogen-bond acceptors (Lipinski definition) is 1. The van der Waals surface area contributed by atoms with Crippen molar-refractivity contribution in [3.8, 4) is 0 Å². The number of hydrogen-bond donors (Lipinski definition) is 0. The van der Waals surface area contributed by atoms with Crippen LogP contribution in [0.2, 0.25) is 0 Å². The molecule has 0 aromatic rings. The summed E-state index contributed by atoms with van der Waals surface area (Å²) in [6, 6.07) is 0. The molecule has 66 valence electrons. The quantitative estimate of drug-likeness (QED) is 0.597. The molecule has 3 atom stereocenters. The molecule has 0 amide bonds. The van der Waals surface area contributed by atoms with E-state index in [-0.39, 0.29) is 0 Å². The van der Waals surface area contributed by atoms with E-state index >= 15 is 0 Å². The van der Waals surface area contributed by atoms with Gasteiger partial charge in [-0.3, -0.25) is 0 Å². The zero-order chi connectivity index (χ0) is 8.27. The third kappa shape index (κ3) is 2.48. The summed E-state index contributed by atoms with van der Waals surface area (Å²) < 4.78 is 5.16. The van der Waals surface area contributed by atoms with Crippen molar-refractivity contribution in [3.05, 3.63) is 0 Å². The minimum Gasteiger partial charge on any atom is -0.384 e. The Kier molecular flexibility index (Phi) is 3.38. The molecule has 0 saturated heterocycles. The fourth-order valence-electron chi connectivity index (χ4n) is 2.05. The highest BCUT2D eigenvalue weighted by molar-refractivity contribution is 4.74. The molecule has 1 fully saturated rings. The summed E-state index contributed by atoms with van der Waals surface area (Å²) in [5.41, 5.74) is 0. The van der Waals surface area contributed by atoms with Gasteiger partial charge in [-0.05, 0) is 30.6 Å². The van der Waals surface area contributed by atoms with Crippen LogP contribution in [0, 0.1) is 17.8 Å². The van der Waals surface area contributed by atoms with Gasteiger partial charge in [0.1, 0.15) is 0 Å². The SMILES string of the molecule is COCC1CCC(C)[C@H](C)C1. The van der Waals surface area contributed by atoms with E-state index < -0.39 is 0 Å². The van der Waals surface area contributed by atoms with Crippen LogP contribution in [0.3, 0.4) is 0 Å².